The Morgan fingerprint density at radius 2 is 1.93 bits per heavy atom. The van der Waals surface area contributed by atoms with Crippen molar-refractivity contribution in [2.45, 2.75) is 4.90 Å². The lowest BCUT2D eigenvalue weighted by atomic mass is 10.2. The highest BCUT2D eigenvalue weighted by molar-refractivity contribution is 7.93. The van der Waals surface area contributed by atoms with Gasteiger partial charge >= 0.3 is 0 Å². The molecule has 0 bridgehead atoms. The number of nitrogens with zero attached hydrogens (tertiary/aromatic N) is 1. The van der Waals surface area contributed by atoms with Crippen LogP contribution in [0.4, 0.5) is 10.8 Å². The Balaban J connectivity index is 1.64. The van der Waals surface area contributed by atoms with Gasteiger partial charge in [0.15, 0.2) is 5.13 Å². The molecular weight excluding hydrogens is 406 g/mol. The van der Waals surface area contributed by atoms with Crippen LogP contribution in [-0.2, 0) is 14.8 Å². The molecule has 0 radical (unpaired) electrons. The van der Waals surface area contributed by atoms with Gasteiger partial charge in [0.1, 0.15) is 0 Å². The lowest BCUT2D eigenvalue weighted by molar-refractivity contribution is -0.111. The first-order chi connectivity index (χ1) is 12.9. The molecule has 3 aromatic rings. The summed E-state index contributed by atoms with van der Waals surface area (Å²) in [6.45, 7) is 0. The molecule has 0 fully saturated rings. The Morgan fingerprint density at radius 1 is 1.15 bits per heavy atom. The van der Waals surface area contributed by atoms with Crippen molar-refractivity contribution in [2.75, 3.05) is 10.0 Å². The molecule has 1 aromatic heterocycles. The zero-order valence-electron chi connectivity index (χ0n) is 13.8. The number of sulfonamides is 1. The van der Waals surface area contributed by atoms with Crippen LogP contribution in [0.1, 0.15) is 5.56 Å². The van der Waals surface area contributed by atoms with Crippen LogP contribution in [0.3, 0.4) is 0 Å². The van der Waals surface area contributed by atoms with Gasteiger partial charge in [-0.15, -0.1) is 11.3 Å². The van der Waals surface area contributed by atoms with E-state index in [9.17, 15) is 13.2 Å². The lowest BCUT2D eigenvalue weighted by Gasteiger charge is -2.07. The molecule has 0 saturated carbocycles. The van der Waals surface area contributed by atoms with Crippen LogP contribution in [0, 0.1) is 0 Å². The predicted molar refractivity (Wildman–Crippen MR) is 108 cm³/mol. The molecule has 0 saturated heterocycles. The van der Waals surface area contributed by atoms with Crippen molar-refractivity contribution in [3.05, 3.63) is 76.8 Å². The van der Waals surface area contributed by atoms with Gasteiger partial charge < -0.3 is 5.32 Å². The molecule has 138 valence electrons. The van der Waals surface area contributed by atoms with Crippen molar-refractivity contribution in [3.8, 4) is 0 Å². The van der Waals surface area contributed by atoms with E-state index in [2.05, 4.69) is 15.0 Å². The lowest BCUT2D eigenvalue weighted by Crippen LogP contribution is -2.13. The third-order valence-electron chi connectivity index (χ3n) is 3.36. The Bertz CT molecular complexity index is 1060. The summed E-state index contributed by atoms with van der Waals surface area (Å²) in [6.07, 6.45) is 4.52. The van der Waals surface area contributed by atoms with E-state index in [0.717, 1.165) is 5.56 Å². The Morgan fingerprint density at radius 3 is 2.59 bits per heavy atom. The first-order valence-electron chi connectivity index (χ1n) is 7.69. The maximum atomic E-state index is 12.3. The summed E-state index contributed by atoms with van der Waals surface area (Å²) in [6, 6.07) is 12.9. The molecule has 27 heavy (non-hydrogen) atoms. The number of halogens is 1. The van der Waals surface area contributed by atoms with E-state index in [-0.39, 0.29) is 10.8 Å². The normalized spacial score (nSPS) is 11.4. The summed E-state index contributed by atoms with van der Waals surface area (Å²) in [5.74, 6) is -0.341. The number of hydrogen-bond donors (Lipinski definition) is 2. The number of nitrogens with one attached hydrogen (secondary N) is 2. The van der Waals surface area contributed by atoms with Gasteiger partial charge in [0, 0.05) is 28.4 Å². The summed E-state index contributed by atoms with van der Waals surface area (Å²) < 4.78 is 26.9. The van der Waals surface area contributed by atoms with Crippen LogP contribution in [-0.4, -0.2) is 19.3 Å². The smallest absolute Gasteiger partial charge is 0.263 e. The zero-order valence-corrected chi connectivity index (χ0v) is 16.2. The minimum Gasteiger partial charge on any atom is -0.323 e. The molecule has 0 unspecified atom stereocenters. The van der Waals surface area contributed by atoms with Crippen LogP contribution < -0.4 is 10.0 Å². The van der Waals surface area contributed by atoms with Gasteiger partial charge in [0.25, 0.3) is 10.0 Å². The molecule has 2 N–H and O–H groups in total. The summed E-state index contributed by atoms with van der Waals surface area (Å²) in [4.78, 5) is 16.0. The maximum Gasteiger partial charge on any atom is 0.263 e. The molecule has 2 aromatic carbocycles. The largest absolute Gasteiger partial charge is 0.323 e. The van der Waals surface area contributed by atoms with E-state index in [0.29, 0.717) is 15.8 Å². The summed E-state index contributed by atoms with van der Waals surface area (Å²) in [7, 11) is -3.72. The number of carbonyl (C=O) groups excluding carboxylic acids is 1. The standard InChI is InChI=1S/C18H14ClN3O3S2/c19-14-3-1-2-13(12-14)4-9-17(23)21-15-5-7-16(8-6-15)27(24,25)22-18-20-10-11-26-18/h1-12H,(H,20,22)(H,21,23). The van der Waals surface area contributed by atoms with Crippen molar-refractivity contribution in [3.63, 3.8) is 0 Å². The molecule has 0 aliphatic carbocycles. The molecule has 0 aliphatic heterocycles. The maximum absolute atomic E-state index is 12.3. The topological polar surface area (TPSA) is 88.2 Å². The number of thiazole rings is 1. The van der Waals surface area contributed by atoms with Crippen molar-refractivity contribution in [1.82, 2.24) is 4.98 Å². The summed E-state index contributed by atoms with van der Waals surface area (Å²) >= 11 is 7.08. The minimum atomic E-state index is -3.72. The van der Waals surface area contributed by atoms with E-state index in [1.54, 1.807) is 29.7 Å². The SMILES string of the molecule is O=C(C=Cc1cccc(Cl)c1)Nc1ccc(S(=O)(=O)Nc2nccs2)cc1. The van der Waals surface area contributed by atoms with Crippen LogP contribution in [0.15, 0.2) is 71.1 Å². The molecule has 1 amide bonds. The molecule has 9 heteroatoms. The van der Waals surface area contributed by atoms with Crippen molar-refractivity contribution >= 4 is 55.8 Å². The second-order valence-corrected chi connectivity index (χ2v) is 8.36. The second kappa shape index (κ2) is 8.34. The highest BCUT2D eigenvalue weighted by Crippen LogP contribution is 2.19. The van der Waals surface area contributed by atoms with Gasteiger partial charge in [-0.25, -0.2) is 13.4 Å². The molecule has 0 atom stereocenters. The Hall–Kier alpha value is -2.68. The third kappa shape index (κ3) is 5.40. The summed E-state index contributed by atoms with van der Waals surface area (Å²) in [5, 5.41) is 5.22. The number of amides is 1. The van der Waals surface area contributed by atoms with Crippen LogP contribution >= 0.6 is 22.9 Å². The Kier molecular flexibility index (Phi) is 5.90. The first-order valence-corrected chi connectivity index (χ1v) is 10.4. The van der Waals surface area contributed by atoms with Gasteiger partial charge in [-0.1, -0.05) is 23.7 Å². The van der Waals surface area contributed by atoms with Crippen molar-refractivity contribution in [1.29, 1.82) is 0 Å². The number of rotatable bonds is 6. The predicted octanol–water partition coefficient (Wildman–Crippen LogP) is 4.25. The zero-order chi connectivity index (χ0) is 19.3. The van der Waals surface area contributed by atoms with Gasteiger partial charge in [-0.05, 0) is 48.0 Å². The van der Waals surface area contributed by atoms with Gasteiger partial charge in [0.05, 0.1) is 4.90 Å². The monoisotopic (exact) mass is 419 g/mol. The molecule has 0 aliphatic rings. The second-order valence-electron chi connectivity index (χ2n) is 5.34. The quantitative estimate of drug-likeness (QED) is 0.584. The number of benzene rings is 2. The molecule has 1 heterocycles. The third-order valence-corrected chi connectivity index (χ3v) is 5.77. The van der Waals surface area contributed by atoms with E-state index in [1.807, 2.05) is 6.07 Å². The summed E-state index contributed by atoms with van der Waals surface area (Å²) in [5.41, 5.74) is 1.27. The van der Waals surface area contributed by atoms with Crippen LogP contribution in [0.2, 0.25) is 5.02 Å². The fraction of sp³-hybridized carbons (Fsp3) is 0. The number of carbonyl (C=O) groups is 1. The van der Waals surface area contributed by atoms with Gasteiger partial charge in [0.2, 0.25) is 5.91 Å². The first kappa shape index (κ1) is 19.1. The highest BCUT2D eigenvalue weighted by Gasteiger charge is 2.15. The van der Waals surface area contributed by atoms with E-state index < -0.39 is 10.0 Å². The minimum absolute atomic E-state index is 0.0742. The van der Waals surface area contributed by atoms with Gasteiger partial charge in [-0.2, -0.15) is 0 Å². The van der Waals surface area contributed by atoms with E-state index in [4.69, 9.17) is 11.6 Å². The molecule has 6 nitrogen and oxygen atoms in total. The van der Waals surface area contributed by atoms with Crippen molar-refractivity contribution in [2.24, 2.45) is 0 Å². The van der Waals surface area contributed by atoms with Crippen molar-refractivity contribution < 1.29 is 13.2 Å². The molecule has 0 spiro atoms. The van der Waals surface area contributed by atoms with Gasteiger partial charge in [-0.3, -0.25) is 9.52 Å². The average molecular weight is 420 g/mol. The van der Waals surface area contributed by atoms with Crippen LogP contribution in [0.5, 0.6) is 0 Å². The van der Waals surface area contributed by atoms with E-state index in [1.165, 1.54) is 47.9 Å². The Labute approximate surface area is 165 Å². The van der Waals surface area contributed by atoms with E-state index >= 15 is 0 Å². The number of aromatic nitrogens is 1. The number of hydrogen-bond acceptors (Lipinski definition) is 5. The number of anilines is 2. The molecular formula is C18H14ClN3O3S2. The fourth-order valence-corrected chi connectivity index (χ4v) is 4.12. The highest BCUT2D eigenvalue weighted by atomic mass is 35.5. The fourth-order valence-electron chi connectivity index (χ4n) is 2.13. The van der Waals surface area contributed by atoms with Crippen LogP contribution in [0.25, 0.3) is 6.08 Å². The molecule has 3 rings (SSSR count). The average Bonchev–Trinajstić information content (AvgIpc) is 3.13.